The monoisotopic (exact) mass is 366 g/mol. The van der Waals surface area contributed by atoms with Crippen molar-refractivity contribution in [3.63, 3.8) is 0 Å². The van der Waals surface area contributed by atoms with Gasteiger partial charge in [-0.25, -0.2) is 0 Å². The average molecular weight is 367 g/mol. The van der Waals surface area contributed by atoms with Crippen LogP contribution < -0.4 is 11.5 Å². The van der Waals surface area contributed by atoms with Crippen molar-refractivity contribution >= 4 is 0 Å². The third-order valence-corrected chi connectivity index (χ3v) is 6.62. The Bertz CT molecular complexity index is 356. The highest BCUT2D eigenvalue weighted by atomic mass is 15.4. The molecule has 6 nitrogen and oxygen atoms in total. The fourth-order valence-electron chi connectivity index (χ4n) is 5.27. The molecule has 0 aromatic carbocycles. The fraction of sp³-hybridized carbons (Fsp3) is 1.00. The molecular formula is C20H42N6. The molecule has 0 aromatic heterocycles. The van der Waals surface area contributed by atoms with Crippen LogP contribution >= 0.6 is 0 Å². The molecule has 3 heterocycles. The number of rotatable bonds is 8. The van der Waals surface area contributed by atoms with Gasteiger partial charge >= 0.3 is 0 Å². The highest BCUT2D eigenvalue weighted by Crippen LogP contribution is 2.26. The van der Waals surface area contributed by atoms with Crippen molar-refractivity contribution in [2.24, 2.45) is 11.5 Å². The third kappa shape index (κ3) is 5.40. The van der Waals surface area contributed by atoms with Crippen molar-refractivity contribution in [1.29, 1.82) is 0 Å². The highest BCUT2D eigenvalue weighted by molar-refractivity contribution is 4.87. The van der Waals surface area contributed by atoms with E-state index >= 15 is 0 Å². The Morgan fingerprint density at radius 1 is 0.577 bits per heavy atom. The Morgan fingerprint density at radius 2 is 1.04 bits per heavy atom. The topological polar surface area (TPSA) is 65.0 Å². The maximum absolute atomic E-state index is 5.70. The van der Waals surface area contributed by atoms with Crippen LogP contribution in [0.1, 0.15) is 51.4 Å². The molecule has 0 amide bonds. The van der Waals surface area contributed by atoms with Gasteiger partial charge in [-0.15, -0.1) is 0 Å². The molecule has 3 rings (SSSR count). The van der Waals surface area contributed by atoms with Gasteiger partial charge in [0.15, 0.2) is 0 Å². The van der Waals surface area contributed by atoms with Gasteiger partial charge in [-0.2, -0.15) is 0 Å². The first kappa shape index (κ1) is 20.5. The summed E-state index contributed by atoms with van der Waals surface area (Å²) in [5.41, 5.74) is 11.4. The largest absolute Gasteiger partial charge is 0.330 e. The molecule has 3 aliphatic rings. The van der Waals surface area contributed by atoms with Gasteiger partial charge in [-0.05, 0) is 77.5 Å². The van der Waals surface area contributed by atoms with E-state index in [4.69, 9.17) is 11.5 Å². The number of unbranched alkanes of at least 4 members (excludes halogenated alkanes) is 2. The number of hydrogen-bond donors (Lipinski definition) is 2. The minimum atomic E-state index is 0.662. The summed E-state index contributed by atoms with van der Waals surface area (Å²) in [5, 5.41) is 0. The van der Waals surface area contributed by atoms with Gasteiger partial charge in [0.25, 0.3) is 0 Å². The molecule has 0 aliphatic carbocycles. The second-order valence-electron chi connectivity index (χ2n) is 8.38. The van der Waals surface area contributed by atoms with Crippen LogP contribution in [0.25, 0.3) is 0 Å². The van der Waals surface area contributed by atoms with Gasteiger partial charge in [0, 0.05) is 39.3 Å². The number of hydrogen-bond acceptors (Lipinski definition) is 6. The van der Waals surface area contributed by atoms with Crippen LogP contribution in [0.15, 0.2) is 0 Å². The van der Waals surface area contributed by atoms with E-state index in [9.17, 15) is 0 Å². The minimum Gasteiger partial charge on any atom is -0.330 e. The normalized spacial score (nSPS) is 29.8. The third-order valence-electron chi connectivity index (χ3n) is 6.62. The Labute approximate surface area is 160 Å². The molecular weight excluding hydrogens is 324 g/mol. The van der Waals surface area contributed by atoms with E-state index in [2.05, 4.69) is 19.6 Å². The Balaban J connectivity index is 1.57. The van der Waals surface area contributed by atoms with E-state index in [1.165, 1.54) is 90.9 Å². The summed E-state index contributed by atoms with van der Waals surface area (Å²) in [5.74, 6) is 0. The fourth-order valence-corrected chi connectivity index (χ4v) is 5.27. The molecule has 2 unspecified atom stereocenters. The molecule has 3 fully saturated rings. The summed E-state index contributed by atoms with van der Waals surface area (Å²) in [6, 6.07) is 0. The van der Waals surface area contributed by atoms with Crippen molar-refractivity contribution < 1.29 is 0 Å². The van der Waals surface area contributed by atoms with Gasteiger partial charge in [0.2, 0.25) is 0 Å². The Morgan fingerprint density at radius 3 is 1.46 bits per heavy atom. The van der Waals surface area contributed by atoms with Crippen LogP contribution in [-0.4, -0.2) is 97.4 Å². The second kappa shape index (κ2) is 10.9. The van der Waals surface area contributed by atoms with Crippen LogP contribution in [-0.2, 0) is 0 Å². The lowest BCUT2D eigenvalue weighted by Gasteiger charge is -2.51. The van der Waals surface area contributed by atoms with E-state index in [1.54, 1.807) is 0 Å². The summed E-state index contributed by atoms with van der Waals surface area (Å²) in [4.78, 5) is 11.1. The molecule has 0 radical (unpaired) electrons. The maximum Gasteiger partial charge on any atom is 0.0634 e. The van der Waals surface area contributed by atoms with Crippen molar-refractivity contribution in [2.75, 3.05) is 65.4 Å². The van der Waals surface area contributed by atoms with E-state index in [-0.39, 0.29) is 0 Å². The van der Waals surface area contributed by atoms with E-state index in [1.807, 2.05) is 0 Å². The molecule has 152 valence electrons. The summed E-state index contributed by atoms with van der Waals surface area (Å²) < 4.78 is 0. The summed E-state index contributed by atoms with van der Waals surface area (Å²) in [6.45, 7) is 11.8. The lowest BCUT2D eigenvalue weighted by atomic mass is 10.0. The molecule has 2 atom stereocenters. The predicted octanol–water partition coefficient (Wildman–Crippen LogP) is 0.926. The average Bonchev–Trinajstić information content (AvgIpc) is 2.64. The molecule has 0 saturated carbocycles. The van der Waals surface area contributed by atoms with Gasteiger partial charge in [0.1, 0.15) is 0 Å². The van der Waals surface area contributed by atoms with Crippen molar-refractivity contribution in [1.82, 2.24) is 19.6 Å². The zero-order valence-electron chi connectivity index (χ0n) is 16.8. The zero-order valence-corrected chi connectivity index (χ0v) is 16.8. The molecule has 3 saturated heterocycles. The van der Waals surface area contributed by atoms with Crippen LogP contribution in [0.5, 0.6) is 0 Å². The van der Waals surface area contributed by atoms with Crippen molar-refractivity contribution in [2.45, 2.75) is 63.7 Å². The molecule has 6 heteroatoms. The van der Waals surface area contributed by atoms with Gasteiger partial charge in [-0.1, -0.05) is 0 Å². The molecule has 4 N–H and O–H groups in total. The van der Waals surface area contributed by atoms with Gasteiger partial charge < -0.3 is 11.5 Å². The quantitative estimate of drug-likeness (QED) is 0.623. The molecule has 26 heavy (non-hydrogen) atoms. The van der Waals surface area contributed by atoms with Crippen LogP contribution in [0.2, 0.25) is 0 Å². The van der Waals surface area contributed by atoms with E-state index in [0.717, 1.165) is 25.9 Å². The number of fused-ring (bicyclic) bond motifs is 2. The SMILES string of the molecule is NCCCCN1CCCN2CCC3N(CCCCN)CCCN3CCC12. The maximum atomic E-state index is 5.70. The lowest BCUT2D eigenvalue weighted by molar-refractivity contribution is -0.0659. The van der Waals surface area contributed by atoms with Crippen molar-refractivity contribution in [3.05, 3.63) is 0 Å². The first-order valence-corrected chi connectivity index (χ1v) is 11.2. The predicted molar refractivity (Wildman–Crippen MR) is 109 cm³/mol. The molecule has 0 spiro atoms. The zero-order chi connectivity index (χ0) is 18.2. The first-order valence-electron chi connectivity index (χ1n) is 11.2. The van der Waals surface area contributed by atoms with Crippen molar-refractivity contribution in [3.8, 4) is 0 Å². The summed E-state index contributed by atoms with van der Waals surface area (Å²) >= 11 is 0. The lowest BCUT2D eigenvalue weighted by Crippen LogP contribution is -2.61. The Hall–Kier alpha value is -0.240. The van der Waals surface area contributed by atoms with E-state index in [0.29, 0.717) is 12.3 Å². The minimum absolute atomic E-state index is 0.662. The van der Waals surface area contributed by atoms with Crippen LogP contribution in [0.4, 0.5) is 0 Å². The molecule has 3 aliphatic heterocycles. The second-order valence-corrected chi connectivity index (χ2v) is 8.38. The molecule has 0 bridgehead atoms. The van der Waals surface area contributed by atoms with E-state index < -0.39 is 0 Å². The number of nitrogens with two attached hydrogens (primary N) is 2. The summed E-state index contributed by atoms with van der Waals surface area (Å²) in [7, 11) is 0. The standard InChI is InChI=1S/C20H42N6/c21-9-1-3-11-23-13-5-15-25-18-8-20-24(12-4-2-10-22)14-6-16-26(20)17-7-19(23)25/h19-20H,1-18,21-22H2. The van der Waals surface area contributed by atoms with Crippen LogP contribution in [0.3, 0.4) is 0 Å². The summed E-state index contributed by atoms with van der Waals surface area (Å²) in [6.07, 6.45) is 11.4. The van der Waals surface area contributed by atoms with Crippen LogP contribution in [0, 0.1) is 0 Å². The van der Waals surface area contributed by atoms with Gasteiger partial charge in [0.05, 0.1) is 12.3 Å². The Kier molecular flexibility index (Phi) is 8.62. The highest BCUT2D eigenvalue weighted by Gasteiger charge is 2.35. The molecule has 0 aromatic rings. The number of nitrogens with zero attached hydrogens (tertiary/aromatic N) is 4. The first-order chi connectivity index (χ1) is 12.8. The van der Waals surface area contributed by atoms with Gasteiger partial charge in [-0.3, -0.25) is 19.6 Å². The smallest absolute Gasteiger partial charge is 0.0634 e.